The molecule has 1 nitrogen and oxygen atoms in total. The van der Waals surface area contributed by atoms with Crippen molar-refractivity contribution in [1.29, 1.82) is 0 Å². The molecular formula is C10H17N. The highest BCUT2D eigenvalue weighted by molar-refractivity contribution is 5.01. The van der Waals surface area contributed by atoms with Crippen molar-refractivity contribution in [2.75, 3.05) is 6.54 Å². The summed E-state index contributed by atoms with van der Waals surface area (Å²) in [5.74, 6) is 1.95. The molecule has 0 spiro atoms. The van der Waals surface area contributed by atoms with Gasteiger partial charge in [-0.1, -0.05) is 12.2 Å². The number of hydrogen-bond acceptors (Lipinski definition) is 1. The summed E-state index contributed by atoms with van der Waals surface area (Å²) in [6, 6.07) is 0.693. The second-order valence-corrected chi connectivity index (χ2v) is 3.90. The van der Waals surface area contributed by atoms with Crippen LogP contribution in [0.4, 0.5) is 0 Å². The summed E-state index contributed by atoms with van der Waals surface area (Å²) < 4.78 is 0. The summed E-state index contributed by atoms with van der Waals surface area (Å²) in [5.41, 5.74) is 0. The van der Waals surface area contributed by atoms with Crippen molar-refractivity contribution in [3.8, 4) is 0 Å². The highest BCUT2D eigenvalue weighted by Crippen LogP contribution is 2.36. The lowest BCUT2D eigenvalue weighted by atomic mass is 9.92. The van der Waals surface area contributed by atoms with E-state index in [9.17, 15) is 0 Å². The van der Waals surface area contributed by atoms with E-state index in [0.29, 0.717) is 6.04 Å². The predicted molar refractivity (Wildman–Crippen MR) is 47.4 cm³/mol. The molecule has 1 N–H and O–H groups in total. The Balaban J connectivity index is 2.01. The molecule has 0 aromatic rings. The Bertz CT molecular complexity index is 162. The fraction of sp³-hybridized carbons (Fsp3) is 0.800. The minimum atomic E-state index is 0.693. The third-order valence-corrected chi connectivity index (χ3v) is 3.13. The van der Waals surface area contributed by atoms with E-state index in [-0.39, 0.29) is 0 Å². The van der Waals surface area contributed by atoms with Crippen LogP contribution in [0.1, 0.15) is 26.2 Å². The number of piperidine rings is 1. The van der Waals surface area contributed by atoms with Crippen LogP contribution in [-0.2, 0) is 0 Å². The fourth-order valence-electron chi connectivity index (χ4n) is 2.53. The van der Waals surface area contributed by atoms with Gasteiger partial charge < -0.3 is 5.32 Å². The molecule has 11 heavy (non-hydrogen) atoms. The van der Waals surface area contributed by atoms with Crippen molar-refractivity contribution in [3.05, 3.63) is 12.2 Å². The minimum Gasteiger partial charge on any atom is -0.310 e. The molecule has 0 radical (unpaired) electrons. The molecule has 2 aliphatic rings. The van der Waals surface area contributed by atoms with Gasteiger partial charge in [0.1, 0.15) is 0 Å². The van der Waals surface area contributed by atoms with Gasteiger partial charge in [0, 0.05) is 6.04 Å². The Morgan fingerprint density at radius 3 is 3.09 bits per heavy atom. The molecule has 0 amide bonds. The molecule has 2 rings (SSSR count). The summed E-state index contributed by atoms with van der Waals surface area (Å²) in [6.45, 7) is 3.37. The van der Waals surface area contributed by atoms with E-state index in [1.54, 1.807) is 0 Å². The summed E-state index contributed by atoms with van der Waals surface area (Å²) >= 11 is 0. The maximum atomic E-state index is 3.60. The number of nitrogens with one attached hydrogen (secondary N) is 1. The molecule has 1 heteroatoms. The first-order chi connectivity index (χ1) is 5.40. The largest absolute Gasteiger partial charge is 0.310 e. The van der Waals surface area contributed by atoms with Gasteiger partial charge in [-0.2, -0.15) is 0 Å². The van der Waals surface area contributed by atoms with Crippen molar-refractivity contribution in [2.24, 2.45) is 11.8 Å². The van der Waals surface area contributed by atoms with E-state index in [1.807, 2.05) is 0 Å². The molecule has 1 aliphatic carbocycles. The van der Waals surface area contributed by atoms with E-state index < -0.39 is 0 Å². The Labute approximate surface area is 68.9 Å². The third-order valence-electron chi connectivity index (χ3n) is 3.13. The van der Waals surface area contributed by atoms with Gasteiger partial charge in [0.25, 0.3) is 0 Å². The lowest BCUT2D eigenvalue weighted by Crippen LogP contribution is -2.39. The first-order valence-electron chi connectivity index (χ1n) is 4.76. The molecule has 2 fully saturated rings. The topological polar surface area (TPSA) is 12.0 Å². The number of hydrogen-bond donors (Lipinski definition) is 1. The number of fused-ring (bicyclic) bond motifs is 2. The van der Waals surface area contributed by atoms with Crippen LogP contribution in [0.25, 0.3) is 0 Å². The molecule has 0 unspecified atom stereocenters. The van der Waals surface area contributed by atoms with Crippen molar-refractivity contribution in [3.63, 3.8) is 0 Å². The zero-order valence-electron chi connectivity index (χ0n) is 7.22. The van der Waals surface area contributed by atoms with Crippen LogP contribution in [-0.4, -0.2) is 12.6 Å². The van der Waals surface area contributed by atoms with Gasteiger partial charge in [-0.05, 0) is 44.6 Å². The second kappa shape index (κ2) is 2.98. The first kappa shape index (κ1) is 7.35. The summed E-state index contributed by atoms with van der Waals surface area (Å²) in [4.78, 5) is 0. The quantitative estimate of drug-likeness (QED) is 0.565. The van der Waals surface area contributed by atoms with Crippen LogP contribution in [0.3, 0.4) is 0 Å². The van der Waals surface area contributed by atoms with E-state index in [2.05, 4.69) is 24.4 Å². The van der Waals surface area contributed by atoms with Gasteiger partial charge in [0.15, 0.2) is 0 Å². The van der Waals surface area contributed by atoms with Gasteiger partial charge in [0.2, 0.25) is 0 Å². The molecule has 1 aliphatic heterocycles. The van der Waals surface area contributed by atoms with E-state index >= 15 is 0 Å². The average Bonchev–Trinajstić information content (AvgIpc) is 2.40. The van der Waals surface area contributed by atoms with Crippen LogP contribution in [0, 0.1) is 11.8 Å². The van der Waals surface area contributed by atoms with Crippen LogP contribution >= 0.6 is 0 Å². The van der Waals surface area contributed by atoms with Gasteiger partial charge in [-0.3, -0.25) is 0 Å². The second-order valence-electron chi connectivity index (χ2n) is 3.90. The Hall–Kier alpha value is -0.300. The molecular weight excluding hydrogens is 134 g/mol. The summed E-state index contributed by atoms with van der Waals surface area (Å²) in [6.07, 6.45) is 8.89. The lowest BCUT2D eigenvalue weighted by Gasteiger charge is -2.27. The smallest absolute Gasteiger partial charge is 0.0278 e. The van der Waals surface area contributed by atoms with Crippen molar-refractivity contribution in [2.45, 2.75) is 32.2 Å². The van der Waals surface area contributed by atoms with Gasteiger partial charge in [-0.15, -0.1) is 0 Å². The monoisotopic (exact) mass is 151 g/mol. The summed E-state index contributed by atoms with van der Waals surface area (Å²) in [7, 11) is 0. The molecule has 0 aromatic heterocycles. The molecule has 1 saturated heterocycles. The number of rotatable bonds is 1. The van der Waals surface area contributed by atoms with Crippen molar-refractivity contribution in [1.82, 2.24) is 5.32 Å². The Morgan fingerprint density at radius 2 is 2.27 bits per heavy atom. The lowest BCUT2D eigenvalue weighted by molar-refractivity contribution is 0.327. The highest BCUT2D eigenvalue weighted by atomic mass is 14.9. The first-order valence-corrected chi connectivity index (χ1v) is 4.76. The fourth-order valence-corrected chi connectivity index (χ4v) is 2.53. The Kier molecular flexibility index (Phi) is 1.99. The molecule has 0 aromatic carbocycles. The number of allylic oxidation sites excluding steroid dienone is 1. The van der Waals surface area contributed by atoms with Crippen LogP contribution < -0.4 is 5.32 Å². The predicted octanol–water partition coefficient (Wildman–Crippen LogP) is 1.95. The van der Waals surface area contributed by atoms with E-state index in [4.69, 9.17) is 0 Å². The molecule has 2 bridgehead atoms. The van der Waals surface area contributed by atoms with E-state index in [0.717, 1.165) is 11.8 Å². The average molecular weight is 151 g/mol. The molecule has 62 valence electrons. The van der Waals surface area contributed by atoms with Crippen LogP contribution in [0.5, 0.6) is 0 Å². The molecule has 1 heterocycles. The zero-order valence-corrected chi connectivity index (χ0v) is 7.22. The minimum absolute atomic E-state index is 0.693. The SMILES string of the molecule is C/C=C\[C@H]1NC[C@H]2CC[C@@H]1C2. The van der Waals surface area contributed by atoms with E-state index in [1.165, 1.54) is 25.8 Å². The summed E-state index contributed by atoms with van der Waals surface area (Å²) in [5, 5.41) is 3.60. The zero-order chi connectivity index (χ0) is 7.68. The highest BCUT2D eigenvalue weighted by Gasteiger charge is 2.33. The normalized spacial score (nSPS) is 43.5. The maximum absolute atomic E-state index is 3.60. The van der Waals surface area contributed by atoms with Crippen LogP contribution in [0.15, 0.2) is 12.2 Å². The standard InChI is InChI=1S/C10H17N/c1-2-3-10-9-5-4-8(6-9)7-11-10/h2-3,8-11H,4-7H2,1H3/b3-2-/t8-,9+,10+/m0/s1. The van der Waals surface area contributed by atoms with Crippen molar-refractivity contribution < 1.29 is 0 Å². The van der Waals surface area contributed by atoms with Gasteiger partial charge >= 0.3 is 0 Å². The Morgan fingerprint density at radius 1 is 1.36 bits per heavy atom. The maximum Gasteiger partial charge on any atom is 0.0278 e. The molecule has 3 atom stereocenters. The van der Waals surface area contributed by atoms with Crippen molar-refractivity contribution >= 4 is 0 Å². The van der Waals surface area contributed by atoms with Gasteiger partial charge in [0.05, 0.1) is 0 Å². The van der Waals surface area contributed by atoms with Crippen LogP contribution in [0.2, 0.25) is 0 Å². The molecule has 1 saturated carbocycles. The van der Waals surface area contributed by atoms with Gasteiger partial charge in [-0.25, -0.2) is 0 Å². The third kappa shape index (κ3) is 1.34.